The summed E-state index contributed by atoms with van der Waals surface area (Å²) in [6.07, 6.45) is 1.38. The first-order valence-electron chi connectivity index (χ1n) is 6.58. The Labute approximate surface area is 115 Å². The number of hydrogen-bond donors (Lipinski definition) is 0. The fourth-order valence-electron chi connectivity index (χ4n) is 3.02. The molecule has 1 aromatic carbocycles. The molecular formula is C14H14F2N2O2. The number of carbonyl (C=O) groups excluding carboxylic acids is 2. The van der Waals surface area contributed by atoms with Crippen LogP contribution >= 0.6 is 0 Å². The summed E-state index contributed by atoms with van der Waals surface area (Å²) in [5.74, 6) is -1.96. The van der Waals surface area contributed by atoms with Crippen LogP contribution in [0.1, 0.15) is 19.8 Å². The second-order valence-corrected chi connectivity index (χ2v) is 5.20. The Hall–Kier alpha value is -1.98. The summed E-state index contributed by atoms with van der Waals surface area (Å²) in [4.78, 5) is 27.5. The van der Waals surface area contributed by atoms with Gasteiger partial charge < -0.3 is 4.90 Å². The van der Waals surface area contributed by atoms with Gasteiger partial charge in [0.2, 0.25) is 5.91 Å². The fraction of sp³-hybridized carbons (Fsp3) is 0.429. The Morgan fingerprint density at radius 1 is 1.10 bits per heavy atom. The topological polar surface area (TPSA) is 40.6 Å². The molecule has 2 atom stereocenters. The molecule has 2 saturated heterocycles. The van der Waals surface area contributed by atoms with Crippen molar-refractivity contribution in [3.05, 3.63) is 29.8 Å². The molecule has 4 nitrogen and oxygen atoms in total. The summed E-state index contributed by atoms with van der Waals surface area (Å²) >= 11 is 0. The average molecular weight is 280 g/mol. The first kappa shape index (κ1) is 13.0. The molecule has 0 saturated carbocycles. The van der Waals surface area contributed by atoms with Crippen LogP contribution in [-0.4, -0.2) is 35.3 Å². The van der Waals surface area contributed by atoms with Crippen molar-refractivity contribution >= 4 is 17.5 Å². The number of fused-ring (bicyclic) bond motifs is 1. The first-order chi connectivity index (χ1) is 9.49. The van der Waals surface area contributed by atoms with Crippen molar-refractivity contribution in [3.8, 4) is 0 Å². The number of piperazine rings is 1. The molecule has 2 amide bonds. The van der Waals surface area contributed by atoms with E-state index in [1.54, 1.807) is 11.8 Å². The Kier molecular flexibility index (Phi) is 2.96. The Morgan fingerprint density at radius 3 is 2.40 bits per heavy atom. The number of rotatable bonds is 1. The van der Waals surface area contributed by atoms with Crippen molar-refractivity contribution in [2.45, 2.75) is 31.8 Å². The van der Waals surface area contributed by atoms with Crippen LogP contribution in [0.5, 0.6) is 0 Å². The highest BCUT2D eigenvalue weighted by Crippen LogP contribution is 2.31. The predicted molar refractivity (Wildman–Crippen MR) is 68.0 cm³/mol. The Balaban J connectivity index is 2.03. The third-order valence-corrected chi connectivity index (χ3v) is 3.93. The minimum Gasteiger partial charge on any atom is -0.329 e. The van der Waals surface area contributed by atoms with Crippen molar-refractivity contribution < 1.29 is 18.4 Å². The molecule has 3 rings (SSSR count). The number of halogens is 2. The highest BCUT2D eigenvalue weighted by Gasteiger charge is 2.46. The summed E-state index contributed by atoms with van der Waals surface area (Å²) < 4.78 is 26.7. The van der Waals surface area contributed by atoms with E-state index in [4.69, 9.17) is 0 Å². The molecule has 0 aromatic heterocycles. The zero-order chi connectivity index (χ0) is 14.4. The molecule has 106 valence electrons. The summed E-state index contributed by atoms with van der Waals surface area (Å²) in [7, 11) is 0. The summed E-state index contributed by atoms with van der Waals surface area (Å²) in [6, 6.07) is 1.67. The molecule has 0 radical (unpaired) electrons. The summed E-state index contributed by atoms with van der Waals surface area (Å²) in [5, 5.41) is 0. The molecule has 2 aliphatic rings. The van der Waals surface area contributed by atoms with Gasteiger partial charge in [0, 0.05) is 12.6 Å². The number of benzene rings is 1. The molecule has 0 N–H and O–H groups in total. The lowest BCUT2D eigenvalue weighted by atomic mass is 10.0. The van der Waals surface area contributed by atoms with Gasteiger partial charge >= 0.3 is 0 Å². The number of carbonyl (C=O) groups is 2. The standard InChI is InChI=1S/C14H14F2N2O2/c1-8-13(19)17-4-2-3-12(17)14(20)18(8)11-6-9(15)5-10(16)7-11/h5-8,12H,2-4H2,1H3. The van der Waals surface area contributed by atoms with Crippen LogP contribution < -0.4 is 4.90 Å². The van der Waals surface area contributed by atoms with Gasteiger partial charge in [0.1, 0.15) is 23.7 Å². The number of anilines is 1. The minimum atomic E-state index is -0.763. The predicted octanol–water partition coefficient (Wildman–Crippen LogP) is 1.69. The van der Waals surface area contributed by atoms with E-state index >= 15 is 0 Å². The van der Waals surface area contributed by atoms with Gasteiger partial charge in [-0.3, -0.25) is 14.5 Å². The lowest BCUT2D eigenvalue weighted by Gasteiger charge is -2.40. The minimum absolute atomic E-state index is 0.0971. The molecule has 0 aliphatic carbocycles. The normalized spacial score (nSPS) is 26.1. The maximum atomic E-state index is 13.3. The van der Waals surface area contributed by atoms with Gasteiger partial charge in [-0.25, -0.2) is 8.78 Å². The van der Waals surface area contributed by atoms with E-state index in [9.17, 15) is 18.4 Å². The zero-order valence-corrected chi connectivity index (χ0v) is 11.0. The molecule has 0 bridgehead atoms. The number of nitrogens with zero attached hydrogens (tertiary/aromatic N) is 2. The van der Waals surface area contributed by atoms with Gasteiger partial charge in [-0.2, -0.15) is 0 Å². The van der Waals surface area contributed by atoms with E-state index in [1.807, 2.05) is 0 Å². The second-order valence-electron chi connectivity index (χ2n) is 5.20. The van der Waals surface area contributed by atoms with Gasteiger partial charge in [0.25, 0.3) is 5.91 Å². The first-order valence-corrected chi connectivity index (χ1v) is 6.58. The van der Waals surface area contributed by atoms with Crippen molar-refractivity contribution in [1.82, 2.24) is 4.90 Å². The van der Waals surface area contributed by atoms with Crippen LogP contribution in [0.3, 0.4) is 0 Å². The van der Waals surface area contributed by atoms with Crippen molar-refractivity contribution in [2.24, 2.45) is 0 Å². The van der Waals surface area contributed by atoms with E-state index in [-0.39, 0.29) is 17.5 Å². The van der Waals surface area contributed by atoms with Gasteiger partial charge in [-0.1, -0.05) is 0 Å². The van der Waals surface area contributed by atoms with Crippen LogP contribution in [0.2, 0.25) is 0 Å². The van der Waals surface area contributed by atoms with Crippen LogP contribution in [0.25, 0.3) is 0 Å². The molecule has 2 aliphatic heterocycles. The molecular weight excluding hydrogens is 266 g/mol. The maximum Gasteiger partial charge on any atom is 0.250 e. The zero-order valence-electron chi connectivity index (χ0n) is 11.0. The van der Waals surface area contributed by atoms with Gasteiger partial charge in [0.15, 0.2) is 0 Å². The van der Waals surface area contributed by atoms with Crippen LogP contribution in [0.15, 0.2) is 18.2 Å². The third-order valence-electron chi connectivity index (χ3n) is 3.93. The molecule has 20 heavy (non-hydrogen) atoms. The Morgan fingerprint density at radius 2 is 1.75 bits per heavy atom. The lowest BCUT2D eigenvalue weighted by molar-refractivity contribution is -0.143. The van der Waals surface area contributed by atoms with E-state index in [0.29, 0.717) is 13.0 Å². The highest BCUT2D eigenvalue weighted by atomic mass is 19.1. The van der Waals surface area contributed by atoms with Gasteiger partial charge in [-0.05, 0) is 31.9 Å². The molecule has 2 heterocycles. The average Bonchev–Trinajstić information content (AvgIpc) is 2.85. The molecule has 0 spiro atoms. The van der Waals surface area contributed by atoms with Gasteiger partial charge in [0.05, 0.1) is 5.69 Å². The molecule has 2 unspecified atom stereocenters. The summed E-state index contributed by atoms with van der Waals surface area (Å²) in [6.45, 7) is 2.16. The SMILES string of the molecule is CC1C(=O)N2CCCC2C(=O)N1c1cc(F)cc(F)c1. The molecule has 6 heteroatoms. The monoisotopic (exact) mass is 280 g/mol. The van der Waals surface area contributed by atoms with Crippen LogP contribution in [-0.2, 0) is 9.59 Å². The van der Waals surface area contributed by atoms with E-state index in [2.05, 4.69) is 0 Å². The van der Waals surface area contributed by atoms with Crippen LogP contribution in [0.4, 0.5) is 14.5 Å². The Bertz CT molecular complexity index is 570. The van der Waals surface area contributed by atoms with E-state index in [0.717, 1.165) is 24.6 Å². The second kappa shape index (κ2) is 4.54. The summed E-state index contributed by atoms with van der Waals surface area (Å²) in [5.41, 5.74) is 0.0971. The molecule has 1 aromatic rings. The number of hydrogen-bond acceptors (Lipinski definition) is 2. The quantitative estimate of drug-likeness (QED) is 0.785. The van der Waals surface area contributed by atoms with E-state index in [1.165, 1.54) is 4.90 Å². The molecule has 2 fully saturated rings. The maximum absolute atomic E-state index is 13.3. The smallest absolute Gasteiger partial charge is 0.250 e. The lowest BCUT2D eigenvalue weighted by Crippen LogP contribution is -2.62. The van der Waals surface area contributed by atoms with Gasteiger partial charge in [-0.15, -0.1) is 0 Å². The number of amides is 2. The van der Waals surface area contributed by atoms with Crippen molar-refractivity contribution in [3.63, 3.8) is 0 Å². The van der Waals surface area contributed by atoms with Crippen molar-refractivity contribution in [2.75, 3.05) is 11.4 Å². The highest BCUT2D eigenvalue weighted by molar-refractivity contribution is 6.08. The van der Waals surface area contributed by atoms with E-state index < -0.39 is 23.7 Å². The van der Waals surface area contributed by atoms with Crippen molar-refractivity contribution in [1.29, 1.82) is 0 Å². The fourth-order valence-corrected chi connectivity index (χ4v) is 3.02. The third kappa shape index (κ3) is 1.87. The van der Waals surface area contributed by atoms with Crippen LogP contribution in [0, 0.1) is 11.6 Å². The largest absolute Gasteiger partial charge is 0.329 e.